The van der Waals surface area contributed by atoms with Gasteiger partial charge in [0.15, 0.2) is 6.61 Å². The van der Waals surface area contributed by atoms with Crippen LogP contribution in [0.4, 0.5) is 5.69 Å². The molecule has 8 heteroatoms. The molecule has 0 heterocycles. The second kappa shape index (κ2) is 9.70. The number of halogens is 3. The Morgan fingerprint density at radius 3 is 2.38 bits per heavy atom. The topological polar surface area (TPSA) is 67.4 Å². The molecule has 0 spiro atoms. The molecule has 1 aliphatic carbocycles. The zero-order valence-corrected chi connectivity index (χ0v) is 17.9. The molecule has 0 atom stereocenters. The molecule has 0 unspecified atom stereocenters. The molecule has 0 aliphatic heterocycles. The van der Waals surface area contributed by atoms with E-state index in [-0.39, 0.29) is 18.4 Å². The SMILES string of the molecule is O=C(COc1ccc(Cl)cc1Cl)NC1(C(=O)Nc2cccc(Cl)c2)CCCCC1. The summed E-state index contributed by atoms with van der Waals surface area (Å²) >= 11 is 17.9. The van der Waals surface area contributed by atoms with Crippen molar-refractivity contribution in [2.75, 3.05) is 11.9 Å². The van der Waals surface area contributed by atoms with E-state index in [0.717, 1.165) is 19.3 Å². The van der Waals surface area contributed by atoms with Crippen LogP contribution in [0, 0.1) is 0 Å². The summed E-state index contributed by atoms with van der Waals surface area (Å²) in [6.07, 6.45) is 3.86. The summed E-state index contributed by atoms with van der Waals surface area (Å²) in [4.78, 5) is 25.6. The van der Waals surface area contributed by atoms with Crippen molar-refractivity contribution < 1.29 is 14.3 Å². The molecule has 29 heavy (non-hydrogen) atoms. The maximum atomic E-state index is 13.1. The van der Waals surface area contributed by atoms with Gasteiger partial charge in [0.2, 0.25) is 5.91 Å². The molecule has 0 bridgehead atoms. The van der Waals surface area contributed by atoms with Crippen LogP contribution < -0.4 is 15.4 Å². The maximum absolute atomic E-state index is 13.1. The maximum Gasteiger partial charge on any atom is 0.258 e. The minimum Gasteiger partial charge on any atom is -0.482 e. The highest BCUT2D eigenvalue weighted by atomic mass is 35.5. The predicted octanol–water partition coefficient (Wildman–Crippen LogP) is 5.48. The zero-order valence-electron chi connectivity index (χ0n) is 15.6. The number of nitrogens with one attached hydrogen (secondary N) is 2. The van der Waals surface area contributed by atoms with Gasteiger partial charge in [-0.15, -0.1) is 0 Å². The number of ether oxygens (including phenoxy) is 1. The van der Waals surface area contributed by atoms with Gasteiger partial charge in [0.25, 0.3) is 5.91 Å². The Kier molecular flexibility index (Phi) is 7.28. The van der Waals surface area contributed by atoms with Crippen molar-refractivity contribution in [3.8, 4) is 5.75 Å². The molecule has 0 aromatic heterocycles. The van der Waals surface area contributed by atoms with E-state index >= 15 is 0 Å². The first kappa shape index (κ1) is 21.8. The predicted molar refractivity (Wildman–Crippen MR) is 116 cm³/mol. The van der Waals surface area contributed by atoms with Gasteiger partial charge >= 0.3 is 0 Å². The average Bonchev–Trinajstić information content (AvgIpc) is 2.68. The third-order valence-corrected chi connectivity index (χ3v) is 5.62. The van der Waals surface area contributed by atoms with Crippen LogP contribution in [-0.4, -0.2) is 24.0 Å². The van der Waals surface area contributed by atoms with Crippen LogP contribution in [0.5, 0.6) is 5.75 Å². The smallest absolute Gasteiger partial charge is 0.258 e. The Labute approximate surface area is 184 Å². The van der Waals surface area contributed by atoms with Crippen molar-refractivity contribution in [3.63, 3.8) is 0 Å². The summed E-state index contributed by atoms with van der Waals surface area (Å²) in [6, 6.07) is 11.7. The van der Waals surface area contributed by atoms with Crippen molar-refractivity contribution in [3.05, 3.63) is 57.5 Å². The van der Waals surface area contributed by atoms with E-state index in [4.69, 9.17) is 39.5 Å². The summed E-state index contributed by atoms with van der Waals surface area (Å²) in [5.74, 6) is -0.288. The van der Waals surface area contributed by atoms with Gasteiger partial charge in [-0.2, -0.15) is 0 Å². The minimum atomic E-state index is -0.981. The van der Waals surface area contributed by atoms with Crippen LogP contribution in [-0.2, 0) is 9.59 Å². The number of carbonyl (C=O) groups excluding carboxylic acids is 2. The Morgan fingerprint density at radius 1 is 0.966 bits per heavy atom. The van der Waals surface area contributed by atoms with Crippen molar-refractivity contribution in [2.24, 2.45) is 0 Å². The van der Waals surface area contributed by atoms with Crippen LogP contribution in [0.15, 0.2) is 42.5 Å². The molecule has 154 valence electrons. The normalized spacial score (nSPS) is 15.4. The fraction of sp³-hybridized carbons (Fsp3) is 0.333. The van der Waals surface area contributed by atoms with E-state index in [0.29, 0.717) is 39.3 Å². The molecule has 2 aromatic rings. The molecular weight excluding hydrogens is 435 g/mol. The third-order valence-electron chi connectivity index (χ3n) is 4.86. The minimum absolute atomic E-state index is 0.252. The molecule has 2 aromatic carbocycles. The molecular formula is C21H21Cl3N2O3. The molecule has 2 N–H and O–H groups in total. The number of rotatable bonds is 6. The van der Waals surface area contributed by atoms with E-state index in [1.165, 1.54) is 6.07 Å². The van der Waals surface area contributed by atoms with Crippen molar-refractivity contribution in [2.45, 2.75) is 37.6 Å². The number of anilines is 1. The highest BCUT2D eigenvalue weighted by Crippen LogP contribution is 2.31. The van der Waals surface area contributed by atoms with Gasteiger partial charge < -0.3 is 15.4 Å². The van der Waals surface area contributed by atoms with Gasteiger partial charge in [0.1, 0.15) is 11.3 Å². The lowest BCUT2D eigenvalue weighted by Gasteiger charge is -2.36. The first-order chi connectivity index (χ1) is 13.9. The van der Waals surface area contributed by atoms with E-state index in [1.807, 2.05) is 0 Å². The van der Waals surface area contributed by atoms with Gasteiger partial charge in [0, 0.05) is 15.7 Å². The standard InChI is InChI=1S/C21H21Cl3N2O3/c22-14-5-4-6-16(11-14)25-20(28)21(9-2-1-3-10-21)26-19(27)13-29-18-8-7-15(23)12-17(18)24/h4-8,11-12H,1-3,9-10,13H2,(H,25,28)(H,26,27). The first-order valence-electron chi connectivity index (χ1n) is 9.34. The second-order valence-electron chi connectivity index (χ2n) is 7.02. The van der Waals surface area contributed by atoms with Crippen LogP contribution in [0.25, 0.3) is 0 Å². The van der Waals surface area contributed by atoms with Crippen LogP contribution in [0.2, 0.25) is 15.1 Å². The van der Waals surface area contributed by atoms with E-state index in [2.05, 4.69) is 10.6 Å². The Hall–Kier alpha value is -1.95. The number of benzene rings is 2. The van der Waals surface area contributed by atoms with Crippen LogP contribution in [0.1, 0.15) is 32.1 Å². The molecule has 1 fully saturated rings. The fourth-order valence-corrected chi connectivity index (χ4v) is 4.07. The Balaban J connectivity index is 1.67. The van der Waals surface area contributed by atoms with E-state index < -0.39 is 5.54 Å². The Bertz CT molecular complexity index is 898. The lowest BCUT2D eigenvalue weighted by Crippen LogP contribution is -2.58. The van der Waals surface area contributed by atoms with E-state index in [1.54, 1.807) is 36.4 Å². The third kappa shape index (κ3) is 5.78. The van der Waals surface area contributed by atoms with Crippen molar-refractivity contribution in [1.82, 2.24) is 5.32 Å². The molecule has 5 nitrogen and oxygen atoms in total. The number of amides is 2. The van der Waals surface area contributed by atoms with Crippen molar-refractivity contribution in [1.29, 1.82) is 0 Å². The average molecular weight is 456 g/mol. The first-order valence-corrected chi connectivity index (χ1v) is 10.5. The van der Waals surface area contributed by atoms with Crippen LogP contribution in [0.3, 0.4) is 0 Å². The monoisotopic (exact) mass is 454 g/mol. The van der Waals surface area contributed by atoms with Gasteiger partial charge in [-0.1, -0.05) is 60.1 Å². The summed E-state index contributed by atoms with van der Waals surface area (Å²) in [5, 5.41) is 7.08. The van der Waals surface area contributed by atoms with Crippen molar-refractivity contribution >= 4 is 52.3 Å². The van der Waals surface area contributed by atoms with Gasteiger partial charge in [-0.05, 0) is 49.2 Å². The summed E-state index contributed by atoms with van der Waals surface area (Å²) < 4.78 is 5.50. The summed E-state index contributed by atoms with van der Waals surface area (Å²) in [7, 11) is 0. The largest absolute Gasteiger partial charge is 0.482 e. The number of hydrogen-bond donors (Lipinski definition) is 2. The van der Waals surface area contributed by atoms with Gasteiger partial charge in [0.05, 0.1) is 5.02 Å². The van der Waals surface area contributed by atoms with Crippen LogP contribution >= 0.6 is 34.8 Å². The lowest BCUT2D eigenvalue weighted by atomic mass is 9.80. The molecule has 0 saturated heterocycles. The molecule has 2 amide bonds. The number of hydrogen-bond acceptors (Lipinski definition) is 3. The fourth-order valence-electron chi connectivity index (χ4n) is 3.42. The molecule has 0 radical (unpaired) electrons. The molecule has 3 rings (SSSR count). The lowest BCUT2D eigenvalue weighted by molar-refractivity contribution is -0.132. The van der Waals surface area contributed by atoms with Gasteiger partial charge in [-0.3, -0.25) is 9.59 Å². The quantitative estimate of drug-likeness (QED) is 0.606. The number of carbonyl (C=O) groups is 2. The highest BCUT2D eigenvalue weighted by molar-refractivity contribution is 6.35. The molecule has 1 aliphatic rings. The zero-order chi connectivity index (χ0) is 20.9. The van der Waals surface area contributed by atoms with E-state index in [9.17, 15) is 9.59 Å². The highest BCUT2D eigenvalue weighted by Gasteiger charge is 2.41. The Morgan fingerprint density at radius 2 is 1.69 bits per heavy atom. The van der Waals surface area contributed by atoms with Gasteiger partial charge in [-0.25, -0.2) is 0 Å². The summed E-state index contributed by atoms with van der Waals surface area (Å²) in [6.45, 7) is -0.256. The molecule has 1 saturated carbocycles. The summed E-state index contributed by atoms with van der Waals surface area (Å²) in [5.41, 5.74) is -0.393. The second-order valence-corrected chi connectivity index (χ2v) is 8.30.